The van der Waals surface area contributed by atoms with Gasteiger partial charge >= 0.3 is 12.6 Å². The third-order valence-corrected chi connectivity index (χ3v) is 7.77. The highest BCUT2D eigenvalue weighted by atomic mass is 32.2. The number of nitrogens with zero attached hydrogens (tertiary/aromatic N) is 3. The van der Waals surface area contributed by atoms with Crippen molar-refractivity contribution < 1.29 is 35.9 Å². The van der Waals surface area contributed by atoms with Crippen LogP contribution in [0.3, 0.4) is 0 Å². The second-order valence-electron chi connectivity index (χ2n) is 9.63. The molecule has 1 aliphatic rings. The number of carbonyl (C=O) groups is 1. The standard InChI is InChI=1S/C25H28F3N3O5S/c1-25(2,3)36-24(32)30-11-9-29(10-12-30)20-14-17(6-8-21(20)35-4)37(33,34)22-15-31(23(27)28)19-13-16(26)5-7-18(19)22/h5-8,13-15,23H,9-12H2,1-4H3. The van der Waals surface area contributed by atoms with Gasteiger partial charge in [-0.1, -0.05) is 0 Å². The normalized spacial score (nSPS) is 14.9. The van der Waals surface area contributed by atoms with Crippen molar-refractivity contribution in [2.75, 3.05) is 38.2 Å². The van der Waals surface area contributed by atoms with Gasteiger partial charge in [-0.2, -0.15) is 8.78 Å². The molecule has 1 aliphatic heterocycles. The molecule has 1 saturated heterocycles. The minimum absolute atomic E-state index is 0.00922. The summed E-state index contributed by atoms with van der Waals surface area (Å²) in [6, 6.07) is 7.34. The molecule has 1 fully saturated rings. The number of alkyl halides is 2. The molecular formula is C25H28F3N3O5S. The van der Waals surface area contributed by atoms with Gasteiger partial charge in [0.15, 0.2) is 0 Å². The quantitative estimate of drug-likeness (QED) is 0.450. The van der Waals surface area contributed by atoms with E-state index in [0.717, 1.165) is 18.3 Å². The van der Waals surface area contributed by atoms with Crippen LogP contribution in [0.15, 0.2) is 52.4 Å². The molecule has 8 nitrogen and oxygen atoms in total. The summed E-state index contributed by atoms with van der Waals surface area (Å²) < 4.78 is 79.5. The zero-order valence-electron chi connectivity index (χ0n) is 20.9. The second-order valence-corrected chi connectivity index (χ2v) is 11.5. The lowest BCUT2D eigenvalue weighted by molar-refractivity contribution is 0.0240. The number of halogens is 3. The molecule has 12 heteroatoms. The first-order valence-corrected chi connectivity index (χ1v) is 13.0. The van der Waals surface area contributed by atoms with Gasteiger partial charge < -0.3 is 19.3 Å². The summed E-state index contributed by atoms with van der Waals surface area (Å²) in [5.74, 6) is -0.338. The van der Waals surface area contributed by atoms with Crippen molar-refractivity contribution in [1.29, 1.82) is 0 Å². The highest BCUT2D eigenvalue weighted by Crippen LogP contribution is 2.37. The van der Waals surface area contributed by atoms with E-state index in [1.807, 2.05) is 4.90 Å². The summed E-state index contributed by atoms with van der Waals surface area (Å²) >= 11 is 0. The average Bonchev–Trinajstić information content (AvgIpc) is 3.22. The molecule has 4 rings (SSSR count). The zero-order valence-corrected chi connectivity index (χ0v) is 21.7. The van der Waals surface area contributed by atoms with Crippen LogP contribution in [0, 0.1) is 5.82 Å². The Bertz CT molecular complexity index is 1430. The monoisotopic (exact) mass is 539 g/mol. The van der Waals surface area contributed by atoms with Crippen LogP contribution < -0.4 is 9.64 Å². The maximum atomic E-state index is 13.7. The summed E-state index contributed by atoms with van der Waals surface area (Å²) in [4.78, 5) is 15.4. The summed E-state index contributed by atoms with van der Waals surface area (Å²) in [7, 11) is -2.81. The van der Waals surface area contributed by atoms with E-state index in [9.17, 15) is 26.4 Å². The highest BCUT2D eigenvalue weighted by Gasteiger charge is 2.30. The second kappa shape index (κ2) is 9.81. The number of ether oxygens (including phenoxy) is 2. The third-order valence-electron chi connectivity index (χ3n) is 5.99. The van der Waals surface area contributed by atoms with E-state index in [2.05, 4.69) is 0 Å². The van der Waals surface area contributed by atoms with E-state index in [1.54, 1.807) is 25.7 Å². The molecule has 2 aromatic carbocycles. The van der Waals surface area contributed by atoms with Gasteiger partial charge in [0.05, 0.1) is 28.1 Å². The Morgan fingerprint density at radius 2 is 1.70 bits per heavy atom. The van der Waals surface area contributed by atoms with Crippen LogP contribution in [0.1, 0.15) is 27.3 Å². The summed E-state index contributed by atoms with van der Waals surface area (Å²) in [5.41, 5.74) is -0.365. The van der Waals surface area contributed by atoms with E-state index in [0.29, 0.717) is 42.2 Å². The van der Waals surface area contributed by atoms with E-state index < -0.39 is 33.9 Å². The highest BCUT2D eigenvalue weighted by molar-refractivity contribution is 7.91. The smallest absolute Gasteiger partial charge is 0.410 e. The van der Waals surface area contributed by atoms with Crippen molar-refractivity contribution in [3.8, 4) is 5.75 Å². The maximum Gasteiger partial charge on any atom is 0.410 e. The molecule has 37 heavy (non-hydrogen) atoms. The molecule has 200 valence electrons. The molecule has 0 aliphatic carbocycles. The molecular weight excluding hydrogens is 511 g/mol. The lowest BCUT2D eigenvalue weighted by atomic mass is 10.2. The van der Waals surface area contributed by atoms with Crippen molar-refractivity contribution in [2.24, 2.45) is 0 Å². The molecule has 0 saturated carbocycles. The maximum absolute atomic E-state index is 13.7. The Labute approximate surface area is 213 Å². The minimum atomic E-state index is -4.27. The molecule has 0 bridgehead atoms. The summed E-state index contributed by atoms with van der Waals surface area (Å²) in [5, 5.41) is -0.00922. The predicted octanol–water partition coefficient (Wildman–Crippen LogP) is 5.07. The number of fused-ring (bicyclic) bond motifs is 1. The Balaban J connectivity index is 1.67. The number of piperazine rings is 1. The topological polar surface area (TPSA) is 81.1 Å². The van der Waals surface area contributed by atoms with Gasteiger partial charge in [-0.15, -0.1) is 0 Å². The fourth-order valence-corrected chi connectivity index (χ4v) is 5.72. The number of hydrogen-bond acceptors (Lipinski definition) is 6. The van der Waals surface area contributed by atoms with Gasteiger partial charge in [-0.3, -0.25) is 4.57 Å². The molecule has 0 radical (unpaired) electrons. The number of amides is 1. The first kappa shape index (κ1) is 26.6. The van der Waals surface area contributed by atoms with Crippen LogP contribution in [0.2, 0.25) is 0 Å². The summed E-state index contributed by atoms with van der Waals surface area (Å²) in [6.45, 7) is 3.78. The van der Waals surface area contributed by atoms with Gasteiger partial charge in [0.2, 0.25) is 9.84 Å². The first-order chi connectivity index (χ1) is 17.3. The third kappa shape index (κ3) is 5.34. The molecule has 3 aromatic rings. The van der Waals surface area contributed by atoms with Crippen LogP contribution in [0.4, 0.5) is 23.7 Å². The van der Waals surface area contributed by atoms with Gasteiger partial charge in [0.1, 0.15) is 17.2 Å². The molecule has 1 aromatic heterocycles. The van der Waals surface area contributed by atoms with Crippen molar-refractivity contribution in [3.05, 3.63) is 48.4 Å². The number of anilines is 1. The van der Waals surface area contributed by atoms with Crippen molar-refractivity contribution in [1.82, 2.24) is 9.47 Å². The van der Waals surface area contributed by atoms with E-state index >= 15 is 0 Å². The number of aromatic nitrogens is 1. The first-order valence-electron chi connectivity index (χ1n) is 11.6. The molecule has 1 amide bonds. The van der Waals surface area contributed by atoms with Gasteiger partial charge in [0, 0.05) is 37.8 Å². The van der Waals surface area contributed by atoms with Crippen molar-refractivity contribution in [2.45, 2.75) is 42.7 Å². The molecule has 2 heterocycles. The van der Waals surface area contributed by atoms with Gasteiger partial charge in [0.25, 0.3) is 0 Å². The Morgan fingerprint density at radius 1 is 1.03 bits per heavy atom. The van der Waals surface area contributed by atoms with E-state index in [-0.39, 0.29) is 20.7 Å². The SMILES string of the molecule is COc1ccc(S(=O)(=O)c2cn(C(F)F)c3cc(F)ccc23)cc1N1CCN(C(=O)OC(C)(C)C)CC1. The lowest BCUT2D eigenvalue weighted by Gasteiger charge is -2.37. The number of benzene rings is 2. The minimum Gasteiger partial charge on any atom is -0.495 e. The number of hydrogen-bond donors (Lipinski definition) is 0. The lowest BCUT2D eigenvalue weighted by Crippen LogP contribution is -2.50. The predicted molar refractivity (Wildman–Crippen MR) is 132 cm³/mol. The number of rotatable bonds is 5. The van der Waals surface area contributed by atoms with Crippen LogP contribution >= 0.6 is 0 Å². The van der Waals surface area contributed by atoms with Crippen LogP contribution in [-0.2, 0) is 14.6 Å². The number of methoxy groups -OCH3 is 1. The Morgan fingerprint density at radius 3 is 2.30 bits per heavy atom. The summed E-state index contributed by atoms with van der Waals surface area (Å²) in [6.07, 6.45) is 0.399. The zero-order chi connectivity index (χ0) is 27.1. The Kier molecular flexibility index (Phi) is 7.06. The van der Waals surface area contributed by atoms with E-state index in [1.165, 1.54) is 31.4 Å². The average molecular weight is 540 g/mol. The van der Waals surface area contributed by atoms with Crippen LogP contribution in [0.25, 0.3) is 10.9 Å². The van der Waals surface area contributed by atoms with E-state index in [4.69, 9.17) is 9.47 Å². The fraction of sp³-hybridized carbons (Fsp3) is 0.400. The molecule has 0 atom stereocenters. The van der Waals surface area contributed by atoms with Crippen LogP contribution in [-0.4, -0.2) is 62.9 Å². The molecule has 0 unspecified atom stereocenters. The fourth-order valence-electron chi connectivity index (χ4n) is 4.24. The van der Waals surface area contributed by atoms with Crippen LogP contribution in [0.5, 0.6) is 5.75 Å². The number of sulfone groups is 1. The van der Waals surface area contributed by atoms with Crippen molar-refractivity contribution in [3.63, 3.8) is 0 Å². The largest absolute Gasteiger partial charge is 0.495 e. The van der Waals surface area contributed by atoms with Crippen molar-refractivity contribution >= 4 is 32.5 Å². The van der Waals surface area contributed by atoms with Gasteiger partial charge in [-0.25, -0.2) is 17.6 Å². The van der Waals surface area contributed by atoms with Gasteiger partial charge in [-0.05, 0) is 57.2 Å². The molecule has 0 spiro atoms. The Hall–Kier alpha value is -3.41. The molecule has 0 N–H and O–H groups in total. The number of carbonyl (C=O) groups excluding carboxylic acids is 1.